The molecule has 4 rings (SSSR count). The molecular formula is C20H16N2S2. The van der Waals surface area contributed by atoms with Crippen molar-refractivity contribution >= 4 is 54.9 Å². The fraction of sp³-hybridized carbons (Fsp3) is 0. The minimum absolute atomic E-state index is 1.13. The molecule has 118 valence electrons. The number of nitrogens with one attached hydrogen (secondary N) is 2. The largest absolute Gasteiger partial charge is 0.319 e. The van der Waals surface area contributed by atoms with E-state index in [4.69, 9.17) is 0 Å². The fourth-order valence-electron chi connectivity index (χ4n) is 2.76. The number of hydrogen-bond donors (Lipinski definition) is 2. The SMILES string of the molecule is c1ccc2c(NSSNc3cccc4ccccc34)cccc2c1. The van der Waals surface area contributed by atoms with Crippen LogP contribution in [0.15, 0.2) is 84.9 Å². The predicted molar refractivity (Wildman–Crippen MR) is 110 cm³/mol. The maximum absolute atomic E-state index is 3.42. The van der Waals surface area contributed by atoms with Crippen LogP contribution in [0.4, 0.5) is 11.4 Å². The maximum Gasteiger partial charge on any atom is 0.0526 e. The minimum Gasteiger partial charge on any atom is -0.319 e. The van der Waals surface area contributed by atoms with Gasteiger partial charge in [0.05, 0.1) is 11.4 Å². The first-order valence-corrected chi connectivity index (χ1v) is 9.87. The number of anilines is 2. The summed E-state index contributed by atoms with van der Waals surface area (Å²) in [6, 6.07) is 29.4. The van der Waals surface area contributed by atoms with Gasteiger partial charge in [0.1, 0.15) is 0 Å². The molecule has 0 radical (unpaired) electrons. The van der Waals surface area contributed by atoms with Crippen LogP contribution in [0.5, 0.6) is 0 Å². The molecule has 0 aliphatic rings. The minimum atomic E-state index is 1.13. The Bertz CT molecular complexity index is 893. The van der Waals surface area contributed by atoms with Crippen LogP contribution >= 0.6 is 22.0 Å². The maximum atomic E-state index is 3.42. The molecule has 0 aliphatic heterocycles. The lowest BCUT2D eigenvalue weighted by molar-refractivity contribution is 1.72. The van der Waals surface area contributed by atoms with Gasteiger partial charge in [-0.25, -0.2) is 0 Å². The third-order valence-electron chi connectivity index (χ3n) is 3.92. The van der Waals surface area contributed by atoms with Crippen LogP contribution in [-0.4, -0.2) is 0 Å². The molecule has 0 unspecified atom stereocenters. The van der Waals surface area contributed by atoms with Crippen LogP contribution in [0, 0.1) is 0 Å². The Kier molecular flexibility index (Phi) is 4.49. The molecule has 2 N–H and O–H groups in total. The van der Waals surface area contributed by atoms with Gasteiger partial charge in [0.25, 0.3) is 0 Å². The molecule has 0 saturated heterocycles. The Morgan fingerprint density at radius 1 is 0.458 bits per heavy atom. The predicted octanol–water partition coefficient (Wildman–Crippen LogP) is 6.73. The molecule has 0 heterocycles. The normalized spacial score (nSPS) is 10.8. The Hall–Kier alpha value is -2.30. The van der Waals surface area contributed by atoms with E-state index < -0.39 is 0 Å². The topological polar surface area (TPSA) is 24.1 Å². The first-order valence-electron chi connectivity index (χ1n) is 7.72. The van der Waals surface area contributed by atoms with Crippen LogP contribution in [0.3, 0.4) is 0 Å². The molecule has 4 aromatic carbocycles. The summed E-state index contributed by atoms with van der Waals surface area (Å²) >= 11 is 0. The quantitative estimate of drug-likeness (QED) is 0.237. The summed E-state index contributed by atoms with van der Waals surface area (Å²) in [7, 11) is 3.16. The standard InChI is InChI=1S/C20H16N2S2/c1-3-11-17-15(7-1)9-5-13-19(17)21-23-24-22-20-14-6-10-16-8-2-4-12-18(16)20/h1-14,21-22H. The van der Waals surface area contributed by atoms with E-state index in [1.807, 2.05) is 0 Å². The van der Waals surface area contributed by atoms with Gasteiger partial charge in [0.2, 0.25) is 0 Å². The van der Waals surface area contributed by atoms with Crippen LogP contribution in [0.25, 0.3) is 21.5 Å². The Morgan fingerprint density at radius 3 is 1.38 bits per heavy atom. The molecule has 0 aromatic heterocycles. The number of hydrogen-bond acceptors (Lipinski definition) is 4. The van der Waals surface area contributed by atoms with Crippen molar-refractivity contribution in [1.82, 2.24) is 0 Å². The summed E-state index contributed by atoms with van der Waals surface area (Å²) in [5.74, 6) is 0. The van der Waals surface area contributed by atoms with Gasteiger partial charge in [-0.1, -0.05) is 72.8 Å². The first kappa shape index (κ1) is 15.2. The van der Waals surface area contributed by atoms with E-state index in [1.165, 1.54) is 21.5 Å². The summed E-state index contributed by atoms with van der Waals surface area (Å²) in [6.07, 6.45) is 0. The van der Waals surface area contributed by atoms with E-state index >= 15 is 0 Å². The summed E-state index contributed by atoms with van der Waals surface area (Å²) in [4.78, 5) is 0. The lowest BCUT2D eigenvalue weighted by Gasteiger charge is -2.10. The molecule has 24 heavy (non-hydrogen) atoms. The van der Waals surface area contributed by atoms with Gasteiger partial charge < -0.3 is 9.44 Å². The van der Waals surface area contributed by atoms with Crippen molar-refractivity contribution in [1.29, 1.82) is 0 Å². The van der Waals surface area contributed by atoms with Gasteiger partial charge in [-0.2, -0.15) is 0 Å². The monoisotopic (exact) mass is 348 g/mol. The number of fused-ring (bicyclic) bond motifs is 2. The van der Waals surface area contributed by atoms with Crippen LogP contribution < -0.4 is 9.44 Å². The van der Waals surface area contributed by atoms with E-state index in [0.717, 1.165) is 11.4 Å². The summed E-state index contributed by atoms with van der Waals surface area (Å²) in [5.41, 5.74) is 2.26. The zero-order chi connectivity index (χ0) is 16.2. The highest BCUT2D eigenvalue weighted by molar-refractivity contribution is 8.77. The zero-order valence-corrected chi connectivity index (χ0v) is 14.5. The van der Waals surface area contributed by atoms with Gasteiger partial charge in [-0.15, -0.1) is 0 Å². The molecule has 0 amide bonds. The average molecular weight is 348 g/mol. The summed E-state index contributed by atoms with van der Waals surface area (Å²) < 4.78 is 6.85. The van der Waals surface area contributed by atoms with Crippen molar-refractivity contribution in [2.45, 2.75) is 0 Å². The lowest BCUT2D eigenvalue weighted by Crippen LogP contribution is -1.90. The van der Waals surface area contributed by atoms with Crippen molar-refractivity contribution in [2.75, 3.05) is 9.44 Å². The van der Waals surface area contributed by atoms with Gasteiger partial charge in [-0.05, 0) is 22.9 Å². The summed E-state index contributed by atoms with van der Waals surface area (Å²) in [6.45, 7) is 0. The molecule has 0 fully saturated rings. The smallest absolute Gasteiger partial charge is 0.0526 e. The third kappa shape index (κ3) is 3.16. The molecule has 0 spiro atoms. The molecular weight excluding hydrogens is 332 g/mol. The number of benzene rings is 4. The second-order valence-electron chi connectivity index (χ2n) is 5.42. The van der Waals surface area contributed by atoms with Crippen molar-refractivity contribution in [3.05, 3.63) is 84.9 Å². The van der Waals surface area contributed by atoms with Crippen molar-refractivity contribution in [3.8, 4) is 0 Å². The van der Waals surface area contributed by atoms with Crippen LogP contribution in [0.1, 0.15) is 0 Å². The summed E-state index contributed by atoms with van der Waals surface area (Å²) in [5, 5.41) is 4.96. The van der Waals surface area contributed by atoms with E-state index in [1.54, 1.807) is 22.0 Å². The molecule has 0 bridgehead atoms. The van der Waals surface area contributed by atoms with E-state index in [0.29, 0.717) is 0 Å². The Morgan fingerprint density at radius 2 is 0.875 bits per heavy atom. The molecule has 0 atom stereocenters. The van der Waals surface area contributed by atoms with Crippen LogP contribution in [0.2, 0.25) is 0 Å². The zero-order valence-electron chi connectivity index (χ0n) is 12.9. The van der Waals surface area contributed by atoms with Crippen molar-refractivity contribution in [3.63, 3.8) is 0 Å². The molecule has 0 aliphatic carbocycles. The second-order valence-corrected chi connectivity index (χ2v) is 7.17. The molecule has 2 nitrogen and oxygen atoms in total. The highest BCUT2D eigenvalue weighted by Crippen LogP contribution is 2.32. The third-order valence-corrected chi connectivity index (χ3v) is 5.36. The van der Waals surface area contributed by atoms with E-state index in [-0.39, 0.29) is 0 Å². The fourth-order valence-corrected chi connectivity index (χ4v) is 4.17. The van der Waals surface area contributed by atoms with Crippen molar-refractivity contribution < 1.29 is 0 Å². The van der Waals surface area contributed by atoms with Crippen molar-refractivity contribution in [2.24, 2.45) is 0 Å². The van der Waals surface area contributed by atoms with Gasteiger partial charge in [0, 0.05) is 32.7 Å². The molecule has 4 heteroatoms. The van der Waals surface area contributed by atoms with Gasteiger partial charge in [0.15, 0.2) is 0 Å². The highest BCUT2D eigenvalue weighted by Gasteiger charge is 2.02. The van der Waals surface area contributed by atoms with Gasteiger partial charge >= 0.3 is 0 Å². The highest BCUT2D eigenvalue weighted by atomic mass is 33.1. The van der Waals surface area contributed by atoms with E-state index in [2.05, 4.69) is 94.4 Å². The second kappa shape index (κ2) is 7.07. The lowest BCUT2D eigenvalue weighted by atomic mass is 10.1. The number of rotatable bonds is 5. The Balaban J connectivity index is 1.44. The van der Waals surface area contributed by atoms with E-state index in [9.17, 15) is 0 Å². The van der Waals surface area contributed by atoms with Gasteiger partial charge in [-0.3, -0.25) is 0 Å². The first-order chi connectivity index (χ1) is 11.9. The van der Waals surface area contributed by atoms with Crippen LogP contribution in [-0.2, 0) is 0 Å². The average Bonchev–Trinajstić information content (AvgIpc) is 2.65. The Labute approximate surface area is 149 Å². The molecule has 0 saturated carbocycles. The molecule has 4 aromatic rings.